The van der Waals surface area contributed by atoms with E-state index in [4.69, 9.17) is 18.9 Å². The first-order valence-electron chi connectivity index (χ1n) is 13.0. The molecule has 6 aliphatic rings. The van der Waals surface area contributed by atoms with Gasteiger partial charge in [-0.3, -0.25) is 9.69 Å². The average Bonchev–Trinajstić information content (AvgIpc) is 3.22. The summed E-state index contributed by atoms with van der Waals surface area (Å²) in [5.74, 6) is 0.677. The van der Waals surface area contributed by atoms with Gasteiger partial charge in [-0.1, -0.05) is 6.92 Å². The first kappa shape index (κ1) is 22.7. The molecule has 6 fully saturated rings. The van der Waals surface area contributed by atoms with Gasteiger partial charge in [0.1, 0.15) is 6.10 Å². The lowest BCUT2D eigenvalue weighted by Crippen LogP contribution is -2.76. The van der Waals surface area contributed by atoms with Crippen molar-refractivity contribution in [1.82, 2.24) is 4.90 Å². The number of fused-ring (bicyclic) bond motifs is 2. The van der Waals surface area contributed by atoms with Crippen LogP contribution in [-0.2, 0) is 23.7 Å². The van der Waals surface area contributed by atoms with E-state index in [1.165, 1.54) is 6.92 Å². The molecule has 0 unspecified atom stereocenters. The van der Waals surface area contributed by atoms with E-state index in [1.54, 1.807) is 7.11 Å². The number of ether oxygens (including phenoxy) is 4. The van der Waals surface area contributed by atoms with Gasteiger partial charge < -0.3 is 24.1 Å². The number of methoxy groups -OCH3 is 3. The van der Waals surface area contributed by atoms with Gasteiger partial charge in [0, 0.05) is 75.8 Å². The molecule has 0 aromatic carbocycles. The summed E-state index contributed by atoms with van der Waals surface area (Å²) in [6, 6.07) is 0.293. The van der Waals surface area contributed by atoms with Gasteiger partial charge >= 0.3 is 5.97 Å². The summed E-state index contributed by atoms with van der Waals surface area (Å²) < 4.78 is 24.3. The van der Waals surface area contributed by atoms with Crippen molar-refractivity contribution in [3.05, 3.63) is 0 Å². The number of carbonyl (C=O) groups excluding carboxylic acids is 1. The van der Waals surface area contributed by atoms with Crippen LogP contribution < -0.4 is 0 Å². The molecule has 0 amide bonds. The van der Waals surface area contributed by atoms with Crippen molar-refractivity contribution in [3.63, 3.8) is 0 Å². The zero-order valence-electron chi connectivity index (χ0n) is 20.8. The highest BCUT2D eigenvalue weighted by atomic mass is 16.5. The molecule has 0 radical (unpaired) electrons. The van der Waals surface area contributed by atoms with Gasteiger partial charge in [0.25, 0.3) is 0 Å². The molecule has 1 aliphatic heterocycles. The fourth-order valence-electron chi connectivity index (χ4n) is 11.0. The zero-order chi connectivity index (χ0) is 23.3. The van der Waals surface area contributed by atoms with Crippen molar-refractivity contribution in [1.29, 1.82) is 0 Å². The Hall–Kier alpha value is -0.730. The van der Waals surface area contributed by atoms with Crippen LogP contribution in [0.25, 0.3) is 0 Å². The summed E-state index contributed by atoms with van der Waals surface area (Å²) in [4.78, 5) is 14.9. The van der Waals surface area contributed by atoms with Crippen LogP contribution in [-0.4, -0.2) is 87.0 Å². The predicted molar refractivity (Wildman–Crippen MR) is 120 cm³/mol. The van der Waals surface area contributed by atoms with Gasteiger partial charge in [-0.25, -0.2) is 0 Å². The third kappa shape index (κ3) is 2.51. The lowest BCUT2D eigenvalue weighted by molar-refractivity contribution is -0.277. The molecule has 1 spiro atoms. The second-order valence-corrected chi connectivity index (χ2v) is 12.0. The number of carbonyl (C=O) groups is 1. The lowest BCUT2D eigenvalue weighted by Gasteiger charge is -2.69. The van der Waals surface area contributed by atoms with E-state index in [9.17, 15) is 9.90 Å². The Morgan fingerprint density at radius 2 is 1.94 bits per heavy atom. The van der Waals surface area contributed by atoms with Crippen LogP contribution >= 0.6 is 0 Å². The van der Waals surface area contributed by atoms with Gasteiger partial charge in [-0.15, -0.1) is 0 Å². The number of esters is 1. The molecule has 1 saturated heterocycles. The Kier molecular flexibility index (Phi) is 5.09. The van der Waals surface area contributed by atoms with E-state index in [1.807, 2.05) is 14.2 Å². The van der Waals surface area contributed by atoms with Crippen LogP contribution in [0.1, 0.15) is 46.0 Å². The third-order valence-electron chi connectivity index (χ3n) is 11.4. The average molecular weight is 464 g/mol. The minimum Gasteiger partial charge on any atom is -0.462 e. The summed E-state index contributed by atoms with van der Waals surface area (Å²) in [6.07, 6.45) is 4.52. The molecule has 0 aromatic rings. The predicted octanol–water partition coefficient (Wildman–Crippen LogP) is 2.10. The van der Waals surface area contributed by atoms with Gasteiger partial charge in [-0.05, 0) is 44.1 Å². The number of nitrogens with zero attached hydrogens (tertiary/aromatic N) is 1. The molecular weight excluding hydrogens is 422 g/mol. The second-order valence-electron chi connectivity index (χ2n) is 12.0. The fraction of sp³-hybridized carbons (Fsp3) is 0.962. The largest absolute Gasteiger partial charge is 0.462 e. The number of likely N-dealkylation sites (tertiary alicyclic amines) is 1. The number of hydrogen-bond donors (Lipinski definition) is 1. The smallest absolute Gasteiger partial charge is 0.302 e. The molecular formula is C26H41NO6. The molecule has 5 saturated carbocycles. The van der Waals surface area contributed by atoms with Crippen LogP contribution in [0.15, 0.2) is 0 Å². The van der Waals surface area contributed by atoms with Gasteiger partial charge in [0.05, 0.1) is 24.4 Å². The first-order valence-corrected chi connectivity index (χ1v) is 13.0. The van der Waals surface area contributed by atoms with Crippen LogP contribution in [0, 0.1) is 40.4 Å². The Morgan fingerprint density at radius 3 is 2.58 bits per heavy atom. The second kappa shape index (κ2) is 7.39. The van der Waals surface area contributed by atoms with E-state index in [-0.39, 0.29) is 58.8 Å². The standard InChI is InChI=1S/C26H41NO6/c1-6-27-12-24(13-30-3)8-7-20(32-5)26-16-9-15-18(31-4)11-25(29,17(23(26)27)10-19(24)26)21(16)22(15)33-14(2)28/h15-23,29H,6-13H2,1-5H3/t15-,16-,17+,18+,19-,20-,21-,22-,23-,24+,25+,26-/m1/s1. The van der Waals surface area contributed by atoms with Crippen molar-refractivity contribution in [2.45, 2.75) is 75.9 Å². The molecule has 7 nitrogen and oxygen atoms in total. The number of rotatable bonds is 6. The number of piperidine rings is 1. The monoisotopic (exact) mass is 463 g/mol. The molecule has 5 aliphatic carbocycles. The third-order valence-corrected chi connectivity index (χ3v) is 11.4. The van der Waals surface area contributed by atoms with Gasteiger partial charge in [0.2, 0.25) is 0 Å². The molecule has 1 N–H and O–H groups in total. The van der Waals surface area contributed by atoms with E-state index in [0.717, 1.165) is 45.4 Å². The maximum atomic E-state index is 12.6. The van der Waals surface area contributed by atoms with Crippen LogP contribution in [0.3, 0.4) is 0 Å². The molecule has 7 heteroatoms. The lowest BCUT2D eigenvalue weighted by atomic mass is 9.43. The van der Waals surface area contributed by atoms with E-state index < -0.39 is 5.60 Å². The maximum Gasteiger partial charge on any atom is 0.302 e. The maximum absolute atomic E-state index is 12.6. The van der Waals surface area contributed by atoms with E-state index in [2.05, 4.69) is 11.8 Å². The van der Waals surface area contributed by atoms with Crippen molar-refractivity contribution < 1.29 is 28.8 Å². The van der Waals surface area contributed by atoms with Crippen molar-refractivity contribution in [3.8, 4) is 0 Å². The van der Waals surface area contributed by atoms with Gasteiger partial charge in [0.15, 0.2) is 0 Å². The molecule has 186 valence electrons. The Labute approximate surface area is 197 Å². The molecule has 33 heavy (non-hydrogen) atoms. The Balaban J connectivity index is 1.57. The molecule has 0 aromatic heterocycles. The Bertz CT molecular complexity index is 823. The van der Waals surface area contributed by atoms with Crippen molar-refractivity contribution in [2.75, 3.05) is 41.0 Å². The summed E-state index contributed by atoms with van der Waals surface area (Å²) >= 11 is 0. The molecule has 6 rings (SSSR count). The molecule has 1 heterocycles. The quantitative estimate of drug-likeness (QED) is 0.605. The minimum atomic E-state index is -0.888. The van der Waals surface area contributed by atoms with Crippen LogP contribution in [0.4, 0.5) is 0 Å². The first-order chi connectivity index (χ1) is 15.8. The SMILES string of the molecule is CCN1C[C@]2(COC)CC[C@@H](OC)[C@@]34[C@@H]5C[C@H]6[C@@H](OC(C)=O)[C@@H]5[C@](O)(C[C@@H]6OC)[C@@H](C[C@H]23)[C@@H]14. The van der Waals surface area contributed by atoms with Crippen molar-refractivity contribution >= 4 is 5.97 Å². The summed E-state index contributed by atoms with van der Waals surface area (Å²) in [5, 5.41) is 12.6. The van der Waals surface area contributed by atoms with Crippen LogP contribution in [0.2, 0.25) is 0 Å². The highest BCUT2D eigenvalue weighted by Gasteiger charge is 2.84. The summed E-state index contributed by atoms with van der Waals surface area (Å²) in [7, 11) is 5.46. The highest BCUT2D eigenvalue weighted by Crippen LogP contribution is 2.79. The molecule has 12 atom stereocenters. The van der Waals surface area contributed by atoms with E-state index >= 15 is 0 Å². The fourth-order valence-corrected chi connectivity index (χ4v) is 11.0. The molecule has 7 bridgehead atoms. The highest BCUT2D eigenvalue weighted by molar-refractivity contribution is 5.66. The zero-order valence-corrected chi connectivity index (χ0v) is 20.8. The topological polar surface area (TPSA) is 77.5 Å². The van der Waals surface area contributed by atoms with Crippen LogP contribution in [0.5, 0.6) is 0 Å². The van der Waals surface area contributed by atoms with Gasteiger partial charge in [-0.2, -0.15) is 0 Å². The summed E-state index contributed by atoms with van der Waals surface area (Å²) in [6.45, 7) is 6.53. The summed E-state index contributed by atoms with van der Waals surface area (Å²) in [5.41, 5.74) is -0.840. The normalized spacial score (nSPS) is 56.1. The van der Waals surface area contributed by atoms with Crippen molar-refractivity contribution in [2.24, 2.45) is 40.4 Å². The minimum absolute atomic E-state index is 0.0445. The number of hydrogen-bond acceptors (Lipinski definition) is 7. The number of aliphatic hydroxyl groups is 1. The van der Waals surface area contributed by atoms with E-state index in [0.29, 0.717) is 18.4 Å². The Morgan fingerprint density at radius 1 is 1.15 bits per heavy atom.